The van der Waals surface area contributed by atoms with Crippen LogP contribution in [-0.4, -0.2) is 24.4 Å². The van der Waals surface area contributed by atoms with Gasteiger partial charge in [0.2, 0.25) is 5.91 Å². The quantitative estimate of drug-likeness (QED) is 0.445. The summed E-state index contributed by atoms with van der Waals surface area (Å²) in [6.45, 7) is 8.50. The minimum absolute atomic E-state index is 0.0727. The molecule has 0 aromatic carbocycles. The second-order valence-electron chi connectivity index (χ2n) is 4.27. The van der Waals surface area contributed by atoms with E-state index in [1.807, 2.05) is 7.05 Å². The van der Waals surface area contributed by atoms with E-state index >= 15 is 0 Å². The van der Waals surface area contributed by atoms with Crippen LogP contribution in [0.2, 0.25) is 0 Å². The van der Waals surface area contributed by atoms with Crippen LogP contribution in [0.3, 0.4) is 0 Å². The number of nitrogens with zero attached hydrogens (tertiary/aromatic N) is 1. The summed E-state index contributed by atoms with van der Waals surface area (Å²) in [5.41, 5.74) is 0.628. The molecule has 0 spiro atoms. The molecule has 0 aliphatic rings. The van der Waals surface area contributed by atoms with E-state index in [9.17, 15) is 4.79 Å². The molecule has 2 heteroatoms. The molecule has 0 aromatic heterocycles. The summed E-state index contributed by atoms with van der Waals surface area (Å²) in [5.74, 6) is 0.0727. The molecule has 0 aliphatic carbocycles. The summed E-state index contributed by atoms with van der Waals surface area (Å²) in [5, 5.41) is 0. The standard InChI is InChI=1S/C13H25NO/c1-5-6-7-8-9-10-11-14(4)13(15)12(2)3/h2,5-11H2,1,3-4H3. The van der Waals surface area contributed by atoms with Gasteiger partial charge in [0.1, 0.15) is 0 Å². The maximum absolute atomic E-state index is 11.4. The van der Waals surface area contributed by atoms with Crippen molar-refractivity contribution in [3.05, 3.63) is 12.2 Å². The largest absolute Gasteiger partial charge is 0.342 e. The number of likely N-dealkylation sites (N-methyl/N-ethyl adjacent to an activating group) is 1. The van der Waals surface area contributed by atoms with Gasteiger partial charge >= 0.3 is 0 Å². The van der Waals surface area contributed by atoms with Crippen molar-refractivity contribution in [2.45, 2.75) is 52.4 Å². The Morgan fingerprint density at radius 3 is 2.20 bits per heavy atom. The van der Waals surface area contributed by atoms with Gasteiger partial charge in [-0.15, -0.1) is 0 Å². The molecule has 88 valence electrons. The van der Waals surface area contributed by atoms with Crippen molar-refractivity contribution in [3.8, 4) is 0 Å². The highest BCUT2D eigenvalue weighted by Crippen LogP contribution is 2.06. The molecule has 0 N–H and O–H groups in total. The van der Waals surface area contributed by atoms with E-state index in [0.717, 1.165) is 13.0 Å². The van der Waals surface area contributed by atoms with Crippen LogP contribution in [0.25, 0.3) is 0 Å². The Hall–Kier alpha value is -0.790. The number of carbonyl (C=O) groups is 1. The summed E-state index contributed by atoms with van der Waals surface area (Å²) >= 11 is 0. The van der Waals surface area contributed by atoms with E-state index in [1.54, 1.807) is 11.8 Å². The maximum atomic E-state index is 11.4. The molecule has 0 unspecified atom stereocenters. The summed E-state index contributed by atoms with van der Waals surface area (Å²) in [7, 11) is 1.85. The molecule has 1 amide bonds. The zero-order chi connectivity index (χ0) is 11.7. The van der Waals surface area contributed by atoms with E-state index in [2.05, 4.69) is 13.5 Å². The van der Waals surface area contributed by atoms with E-state index in [1.165, 1.54) is 32.1 Å². The van der Waals surface area contributed by atoms with Crippen LogP contribution in [0.5, 0.6) is 0 Å². The molecule has 0 saturated heterocycles. The first kappa shape index (κ1) is 14.2. The van der Waals surface area contributed by atoms with Crippen LogP contribution >= 0.6 is 0 Å². The lowest BCUT2D eigenvalue weighted by Gasteiger charge is -2.16. The van der Waals surface area contributed by atoms with E-state index in [4.69, 9.17) is 0 Å². The van der Waals surface area contributed by atoms with Gasteiger partial charge in [-0.2, -0.15) is 0 Å². The molecule has 0 aliphatic heterocycles. The Morgan fingerprint density at radius 2 is 1.67 bits per heavy atom. The Bertz CT molecular complexity index is 199. The average molecular weight is 211 g/mol. The average Bonchev–Trinajstić information content (AvgIpc) is 2.21. The monoisotopic (exact) mass is 211 g/mol. The van der Waals surface area contributed by atoms with Gasteiger partial charge < -0.3 is 4.90 Å². The van der Waals surface area contributed by atoms with Crippen molar-refractivity contribution in [1.82, 2.24) is 4.90 Å². The number of hydrogen-bond acceptors (Lipinski definition) is 1. The number of hydrogen-bond donors (Lipinski definition) is 0. The van der Waals surface area contributed by atoms with E-state index in [0.29, 0.717) is 5.57 Å². The fourth-order valence-electron chi connectivity index (χ4n) is 1.56. The number of rotatable bonds is 8. The maximum Gasteiger partial charge on any atom is 0.248 e. The van der Waals surface area contributed by atoms with Gasteiger partial charge in [-0.05, 0) is 13.3 Å². The zero-order valence-electron chi connectivity index (χ0n) is 10.5. The molecule has 0 rings (SSSR count). The molecule has 15 heavy (non-hydrogen) atoms. The predicted octanol–water partition coefficient (Wildman–Crippen LogP) is 3.38. The first-order valence-corrected chi connectivity index (χ1v) is 6.00. The Kier molecular flexibility index (Phi) is 8.06. The fraction of sp³-hybridized carbons (Fsp3) is 0.769. The van der Waals surface area contributed by atoms with Gasteiger partial charge in [-0.3, -0.25) is 4.79 Å². The lowest BCUT2D eigenvalue weighted by molar-refractivity contribution is -0.125. The molecule has 0 radical (unpaired) electrons. The van der Waals surface area contributed by atoms with Gasteiger partial charge in [0.05, 0.1) is 0 Å². The van der Waals surface area contributed by atoms with Gasteiger partial charge in [0.25, 0.3) is 0 Å². The SMILES string of the molecule is C=C(C)C(=O)N(C)CCCCCCCC. The summed E-state index contributed by atoms with van der Waals surface area (Å²) < 4.78 is 0. The zero-order valence-corrected chi connectivity index (χ0v) is 10.5. The van der Waals surface area contributed by atoms with Gasteiger partial charge in [0.15, 0.2) is 0 Å². The molecule has 0 aromatic rings. The molecule has 0 heterocycles. The van der Waals surface area contributed by atoms with Crippen molar-refractivity contribution in [3.63, 3.8) is 0 Å². The highest BCUT2D eigenvalue weighted by molar-refractivity contribution is 5.91. The van der Waals surface area contributed by atoms with Crippen molar-refractivity contribution in [2.75, 3.05) is 13.6 Å². The van der Waals surface area contributed by atoms with E-state index in [-0.39, 0.29) is 5.91 Å². The smallest absolute Gasteiger partial charge is 0.248 e. The lowest BCUT2D eigenvalue weighted by atomic mass is 10.1. The number of unbranched alkanes of at least 4 members (excludes halogenated alkanes) is 5. The normalized spacial score (nSPS) is 10.1. The first-order valence-electron chi connectivity index (χ1n) is 6.00. The Balaban J connectivity index is 3.43. The van der Waals surface area contributed by atoms with Gasteiger partial charge in [-0.25, -0.2) is 0 Å². The van der Waals surface area contributed by atoms with Crippen LogP contribution in [0.1, 0.15) is 52.4 Å². The number of carbonyl (C=O) groups excluding carboxylic acids is 1. The van der Waals surface area contributed by atoms with Crippen LogP contribution in [0.4, 0.5) is 0 Å². The second kappa shape index (κ2) is 8.51. The molecule has 0 bridgehead atoms. The minimum Gasteiger partial charge on any atom is -0.342 e. The topological polar surface area (TPSA) is 20.3 Å². The molecule has 0 saturated carbocycles. The predicted molar refractivity (Wildman–Crippen MR) is 65.8 cm³/mol. The lowest BCUT2D eigenvalue weighted by Crippen LogP contribution is -2.27. The van der Waals surface area contributed by atoms with Crippen LogP contribution in [0.15, 0.2) is 12.2 Å². The molecule has 0 atom stereocenters. The third-order valence-electron chi connectivity index (χ3n) is 2.56. The molecule has 2 nitrogen and oxygen atoms in total. The van der Waals surface area contributed by atoms with E-state index < -0.39 is 0 Å². The molecule has 0 fully saturated rings. The Morgan fingerprint density at radius 1 is 1.13 bits per heavy atom. The third kappa shape index (κ3) is 7.18. The number of amides is 1. The highest BCUT2D eigenvalue weighted by atomic mass is 16.2. The summed E-state index contributed by atoms with van der Waals surface area (Å²) in [4.78, 5) is 13.2. The second-order valence-corrected chi connectivity index (χ2v) is 4.27. The molecular weight excluding hydrogens is 186 g/mol. The first-order chi connectivity index (χ1) is 7.09. The van der Waals surface area contributed by atoms with Crippen LogP contribution in [0, 0.1) is 0 Å². The van der Waals surface area contributed by atoms with Crippen molar-refractivity contribution >= 4 is 5.91 Å². The van der Waals surface area contributed by atoms with Gasteiger partial charge in [-0.1, -0.05) is 45.6 Å². The van der Waals surface area contributed by atoms with Crippen molar-refractivity contribution < 1.29 is 4.79 Å². The summed E-state index contributed by atoms with van der Waals surface area (Å²) in [6.07, 6.45) is 7.58. The molecular formula is C13H25NO. The fourth-order valence-corrected chi connectivity index (χ4v) is 1.56. The minimum atomic E-state index is 0.0727. The van der Waals surface area contributed by atoms with Crippen molar-refractivity contribution in [2.24, 2.45) is 0 Å². The third-order valence-corrected chi connectivity index (χ3v) is 2.56. The van der Waals surface area contributed by atoms with Crippen molar-refractivity contribution in [1.29, 1.82) is 0 Å². The van der Waals surface area contributed by atoms with Crippen LogP contribution < -0.4 is 0 Å². The van der Waals surface area contributed by atoms with Gasteiger partial charge in [0, 0.05) is 19.2 Å². The highest BCUT2D eigenvalue weighted by Gasteiger charge is 2.07. The Labute approximate surface area is 94.4 Å². The summed E-state index contributed by atoms with van der Waals surface area (Å²) in [6, 6.07) is 0. The van der Waals surface area contributed by atoms with Crippen LogP contribution in [-0.2, 0) is 4.79 Å².